The molecule has 1 amide bonds. The van der Waals surface area contributed by atoms with E-state index in [9.17, 15) is 9.59 Å². The van der Waals surface area contributed by atoms with Crippen LogP contribution in [0.3, 0.4) is 0 Å². The van der Waals surface area contributed by atoms with Crippen LogP contribution in [0.4, 0.5) is 5.69 Å². The minimum Gasteiger partial charge on any atom is -0.325 e. The predicted molar refractivity (Wildman–Crippen MR) is 115 cm³/mol. The highest BCUT2D eigenvalue weighted by Crippen LogP contribution is 2.23. The number of hydrogen-bond acceptors (Lipinski definition) is 5. The third-order valence-electron chi connectivity index (χ3n) is 4.18. The number of aryl methyl sites for hydroxylation is 1. The van der Waals surface area contributed by atoms with Crippen molar-refractivity contribution in [3.63, 3.8) is 0 Å². The van der Waals surface area contributed by atoms with Crippen LogP contribution < -0.4 is 10.9 Å². The Morgan fingerprint density at radius 3 is 2.69 bits per heavy atom. The Morgan fingerprint density at radius 1 is 1.17 bits per heavy atom. The number of hydrogen-bond donors (Lipinski definition) is 2. The highest BCUT2D eigenvalue weighted by atomic mass is 35.5. The van der Waals surface area contributed by atoms with Gasteiger partial charge in [-0.3, -0.25) is 14.7 Å². The fourth-order valence-electron chi connectivity index (χ4n) is 2.74. The summed E-state index contributed by atoms with van der Waals surface area (Å²) in [5.41, 5.74) is 2.64. The van der Waals surface area contributed by atoms with Gasteiger partial charge in [0.25, 0.3) is 5.56 Å². The number of halogens is 1. The molecule has 0 unspecified atom stereocenters. The molecule has 7 nitrogen and oxygen atoms in total. The molecule has 2 heterocycles. The third kappa shape index (κ3) is 4.33. The number of thioether (sulfide) groups is 1. The number of carbonyl (C=O) groups excluding carboxylic acids is 1. The van der Waals surface area contributed by atoms with Crippen molar-refractivity contribution in [2.24, 2.45) is 0 Å². The number of benzene rings is 2. The molecule has 0 aliphatic heterocycles. The summed E-state index contributed by atoms with van der Waals surface area (Å²) in [5, 5.41) is 6.61. The molecule has 29 heavy (non-hydrogen) atoms. The summed E-state index contributed by atoms with van der Waals surface area (Å²) in [6.45, 7) is 1.93. The summed E-state index contributed by atoms with van der Waals surface area (Å²) in [6, 6.07) is 16.1. The minimum atomic E-state index is -0.293. The number of nitrogens with one attached hydrogen (secondary N) is 2. The van der Waals surface area contributed by atoms with E-state index in [2.05, 4.69) is 20.4 Å². The van der Waals surface area contributed by atoms with Crippen molar-refractivity contribution in [1.82, 2.24) is 19.6 Å². The van der Waals surface area contributed by atoms with Gasteiger partial charge in [0.2, 0.25) is 5.91 Å². The van der Waals surface area contributed by atoms with E-state index in [4.69, 9.17) is 11.6 Å². The van der Waals surface area contributed by atoms with Crippen LogP contribution in [0.1, 0.15) is 5.56 Å². The zero-order chi connectivity index (χ0) is 20.4. The van der Waals surface area contributed by atoms with Crippen molar-refractivity contribution in [3.8, 4) is 11.4 Å². The van der Waals surface area contributed by atoms with Crippen LogP contribution in [0.25, 0.3) is 17.0 Å². The third-order valence-corrected chi connectivity index (χ3v) is 5.37. The Labute approximate surface area is 175 Å². The van der Waals surface area contributed by atoms with Crippen molar-refractivity contribution in [2.75, 3.05) is 11.1 Å². The van der Waals surface area contributed by atoms with Crippen molar-refractivity contribution in [2.45, 2.75) is 12.1 Å². The topological polar surface area (TPSA) is 92.2 Å². The maximum atomic E-state index is 12.4. The second-order valence-corrected chi connectivity index (χ2v) is 7.68. The largest absolute Gasteiger partial charge is 0.325 e. The SMILES string of the molecule is Cc1ccccc1NC(=O)CSc1nc(-c2ccc(Cl)cc2)nc2cc(=O)[nH]n12. The molecule has 0 aliphatic carbocycles. The molecule has 0 spiro atoms. The maximum Gasteiger partial charge on any atom is 0.266 e. The van der Waals surface area contributed by atoms with Gasteiger partial charge in [-0.2, -0.15) is 0 Å². The van der Waals surface area contributed by atoms with E-state index >= 15 is 0 Å². The van der Waals surface area contributed by atoms with Crippen LogP contribution in [-0.2, 0) is 4.79 Å². The first kappa shape index (κ1) is 19.2. The summed E-state index contributed by atoms with van der Waals surface area (Å²) in [5.74, 6) is 0.404. The summed E-state index contributed by atoms with van der Waals surface area (Å²) in [7, 11) is 0. The average molecular weight is 426 g/mol. The maximum absolute atomic E-state index is 12.4. The average Bonchev–Trinajstić information content (AvgIpc) is 3.08. The predicted octanol–water partition coefficient (Wildman–Crippen LogP) is 3.78. The minimum absolute atomic E-state index is 0.126. The molecule has 0 saturated carbocycles. The van der Waals surface area contributed by atoms with Crippen LogP contribution in [0.5, 0.6) is 0 Å². The lowest BCUT2D eigenvalue weighted by molar-refractivity contribution is -0.113. The van der Waals surface area contributed by atoms with Crippen LogP contribution in [-0.4, -0.2) is 31.2 Å². The van der Waals surface area contributed by atoms with E-state index < -0.39 is 0 Å². The van der Waals surface area contributed by atoms with Crippen LogP contribution >= 0.6 is 23.4 Å². The Kier molecular flexibility index (Phi) is 5.37. The van der Waals surface area contributed by atoms with Gasteiger partial charge in [0.05, 0.1) is 5.75 Å². The summed E-state index contributed by atoms with van der Waals surface area (Å²) in [4.78, 5) is 33.2. The molecule has 0 radical (unpaired) electrons. The van der Waals surface area contributed by atoms with E-state index in [0.717, 1.165) is 16.8 Å². The van der Waals surface area contributed by atoms with Gasteiger partial charge in [0.1, 0.15) is 0 Å². The second-order valence-electron chi connectivity index (χ2n) is 6.30. The Morgan fingerprint density at radius 2 is 1.93 bits per heavy atom. The molecule has 146 valence electrons. The molecule has 0 aliphatic rings. The van der Waals surface area contributed by atoms with E-state index in [1.807, 2.05) is 31.2 Å². The zero-order valence-corrected chi connectivity index (χ0v) is 16.9. The van der Waals surface area contributed by atoms with Gasteiger partial charge in [-0.25, -0.2) is 14.5 Å². The van der Waals surface area contributed by atoms with Crippen LogP contribution in [0.2, 0.25) is 5.02 Å². The number of anilines is 1. The number of amides is 1. The van der Waals surface area contributed by atoms with Crippen LogP contribution in [0, 0.1) is 6.92 Å². The van der Waals surface area contributed by atoms with E-state index in [1.54, 1.807) is 24.3 Å². The van der Waals surface area contributed by atoms with Crippen molar-refractivity contribution in [3.05, 3.63) is 75.5 Å². The van der Waals surface area contributed by atoms with Gasteiger partial charge >= 0.3 is 0 Å². The number of carbonyl (C=O) groups is 1. The van der Waals surface area contributed by atoms with Crippen molar-refractivity contribution < 1.29 is 4.79 Å². The number of aromatic amines is 1. The van der Waals surface area contributed by atoms with E-state index in [0.29, 0.717) is 21.7 Å². The van der Waals surface area contributed by atoms with Crippen molar-refractivity contribution >= 4 is 40.6 Å². The highest BCUT2D eigenvalue weighted by Gasteiger charge is 2.13. The summed E-state index contributed by atoms with van der Waals surface area (Å²) < 4.78 is 1.48. The number of H-pyrrole nitrogens is 1. The van der Waals surface area contributed by atoms with Gasteiger partial charge in [-0.15, -0.1) is 0 Å². The summed E-state index contributed by atoms with van der Waals surface area (Å²) in [6.07, 6.45) is 0. The van der Waals surface area contributed by atoms with Gasteiger partial charge in [0.15, 0.2) is 16.6 Å². The molecule has 2 N–H and O–H groups in total. The number of aromatic nitrogens is 4. The monoisotopic (exact) mass is 425 g/mol. The van der Waals surface area contributed by atoms with E-state index in [-0.39, 0.29) is 17.2 Å². The molecule has 0 atom stereocenters. The first-order valence-corrected chi connectivity index (χ1v) is 10.1. The van der Waals surface area contributed by atoms with Gasteiger partial charge in [-0.1, -0.05) is 41.6 Å². The molecule has 9 heteroatoms. The van der Waals surface area contributed by atoms with E-state index in [1.165, 1.54) is 22.3 Å². The first-order valence-electron chi connectivity index (χ1n) is 8.73. The van der Waals surface area contributed by atoms with Crippen molar-refractivity contribution in [1.29, 1.82) is 0 Å². The molecule has 0 bridgehead atoms. The quantitative estimate of drug-likeness (QED) is 0.475. The molecule has 0 saturated heterocycles. The van der Waals surface area contributed by atoms with Gasteiger partial charge < -0.3 is 5.32 Å². The number of rotatable bonds is 5. The standard InChI is InChI=1S/C20H16ClN5O2S/c1-12-4-2-3-5-15(12)22-18(28)11-29-20-24-19(13-6-8-14(21)9-7-13)23-16-10-17(27)25-26(16)20/h2-10H,11H2,1H3,(H,22,28)(H,25,27). The fraction of sp³-hybridized carbons (Fsp3) is 0.100. The normalized spacial score (nSPS) is 11.0. The lowest BCUT2D eigenvalue weighted by Crippen LogP contribution is -2.15. The number of nitrogens with zero attached hydrogens (tertiary/aromatic N) is 3. The smallest absolute Gasteiger partial charge is 0.266 e. The summed E-state index contributed by atoms with van der Waals surface area (Å²) >= 11 is 7.16. The molecule has 2 aromatic heterocycles. The Bertz CT molecular complexity index is 1250. The first-order chi connectivity index (χ1) is 14.0. The molecule has 2 aromatic carbocycles. The lowest BCUT2D eigenvalue weighted by Gasteiger charge is -2.09. The zero-order valence-electron chi connectivity index (χ0n) is 15.3. The fourth-order valence-corrected chi connectivity index (χ4v) is 3.62. The molecule has 4 rings (SSSR count). The molecule has 0 fully saturated rings. The molecular formula is C20H16ClN5O2S. The highest BCUT2D eigenvalue weighted by molar-refractivity contribution is 7.99. The van der Waals surface area contributed by atoms with Gasteiger partial charge in [-0.05, 0) is 42.8 Å². The van der Waals surface area contributed by atoms with Crippen LogP contribution in [0.15, 0.2) is 64.5 Å². The second kappa shape index (κ2) is 8.10. The molecular weight excluding hydrogens is 410 g/mol. The Balaban J connectivity index is 1.60. The number of fused-ring (bicyclic) bond motifs is 1. The molecule has 4 aromatic rings. The van der Waals surface area contributed by atoms with Gasteiger partial charge in [0, 0.05) is 22.3 Å². The lowest BCUT2D eigenvalue weighted by atomic mass is 10.2. The Hall–Kier alpha value is -3.10. The number of para-hydroxylation sites is 1.